The molecule has 1 aliphatic heterocycles. The first-order valence-electron chi connectivity index (χ1n) is 5.30. The van der Waals surface area contributed by atoms with Crippen LogP contribution in [0.2, 0.25) is 0 Å². The normalized spacial score (nSPS) is 22.5. The lowest BCUT2D eigenvalue weighted by Crippen LogP contribution is -2.22. The van der Waals surface area contributed by atoms with Crippen LogP contribution < -0.4 is 5.32 Å². The zero-order chi connectivity index (χ0) is 10.7. The maximum Gasteiger partial charge on any atom is 0.157 e. The first kappa shape index (κ1) is 11.0. The minimum atomic E-state index is 0.381. The fraction of sp³-hybridized carbons (Fsp3) is 0.545. The van der Waals surface area contributed by atoms with Crippen LogP contribution in [0.5, 0.6) is 0 Å². The molecule has 0 spiro atoms. The Hall–Kier alpha value is -0.480. The van der Waals surface area contributed by atoms with Crippen molar-refractivity contribution in [2.45, 2.75) is 32.4 Å². The van der Waals surface area contributed by atoms with Gasteiger partial charge in [0.15, 0.2) is 5.17 Å². The molecule has 0 saturated carbocycles. The molecule has 4 heteroatoms. The van der Waals surface area contributed by atoms with E-state index in [4.69, 9.17) is 0 Å². The third-order valence-electron chi connectivity index (χ3n) is 2.49. The van der Waals surface area contributed by atoms with E-state index >= 15 is 0 Å². The van der Waals surface area contributed by atoms with Gasteiger partial charge in [-0.2, -0.15) is 0 Å². The number of hydrogen-bond acceptors (Lipinski definition) is 4. The number of nitrogens with zero attached hydrogens (tertiary/aromatic N) is 1. The zero-order valence-electron chi connectivity index (χ0n) is 9.06. The van der Waals surface area contributed by atoms with Crippen LogP contribution in [0.4, 0.5) is 0 Å². The van der Waals surface area contributed by atoms with Crippen LogP contribution in [0.15, 0.2) is 22.5 Å². The van der Waals surface area contributed by atoms with Crippen molar-refractivity contribution in [3.8, 4) is 0 Å². The Kier molecular flexibility index (Phi) is 3.70. The van der Waals surface area contributed by atoms with E-state index in [2.05, 4.69) is 41.7 Å². The van der Waals surface area contributed by atoms with E-state index in [1.807, 2.05) is 11.8 Å². The Morgan fingerprint density at radius 3 is 3.13 bits per heavy atom. The van der Waals surface area contributed by atoms with Crippen LogP contribution in [-0.4, -0.2) is 17.0 Å². The van der Waals surface area contributed by atoms with Crippen LogP contribution in [0.1, 0.15) is 31.2 Å². The van der Waals surface area contributed by atoms with Crippen LogP contribution in [0, 0.1) is 0 Å². The van der Waals surface area contributed by atoms with E-state index in [0.29, 0.717) is 12.1 Å². The van der Waals surface area contributed by atoms with E-state index in [1.165, 1.54) is 4.88 Å². The molecule has 1 N–H and O–H groups in total. The summed E-state index contributed by atoms with van der Waals surface area (Å²) >= 11 is 3.64. The molecule has 82 valence electrons. The highest BCUT2D eigenvalue weighted by Gasteiger charge is 2.18. The summed E-state index contributed by atoms with van der Waals surface area (Å²) in [7, 11) is 0. The third-order valence-corrected chi connectivity index (χ3v) is 4.60. The summed E-state index contributed by atoms with van der Waals surface area (Å²) in [5, 5.41) is 6.70. The molecular weight excluding hydrogens is 224 g/mol. The predicted octanol–water partition coefficient (Wildman–Crippen LogP) is 3.28. The van der Waals surface area contributed by atoms with E-state index in [-0.39, 0.29) is 0 Å². The first-order valence-corrected chi connectivity index (χ1v) is 7.16. The number of aliphatic imine (C=N–C) groups is 1. The number of rotatable bonds is 3. The van der Waals surface area contributed by atoms with Gasteiger partial charge in [0.25, 0.3) is 0 Å². The smallest absolute Gasteiger partial charge is 0.157 e. The second-order valence-electron chi connectivity index (χ2n) is 3.69. The van der Waals surface area contributed by atoms with Gasteiger partial charge in [-0.1, -0.05) is 24.8 Å². The molecule has 1 aliphatic rings. The summed E-state index contributed by atoms with van der Waals surface area (Å²) in [5.41, 5.74) is 0. The Balaban J connectivity index is 1.93. The zero-order valence-corrected chi connectivity index (χ0v) is 10.7. The fourth-order valence-corrected chi connectivity index (χ4v) is 3.38. The number of amidine groups is 1. The fourth-order valence-electron chi connectivity index (χ4n) is 1.50. The standard InChI is InChI=1S/C11H16N2S2/c1-3-9-7-15-11(13-9)12-8(2)10-5-4-6-14-10/h4-6,8-9H,3,7H2,1-2H3,(H,12,13). The molecule has 1 aromatic rings. The van der Waals surface area contributed by atoms with Gasteiger partial charge in [0.1, 0.15) is 0 Å². The summed E-state index contributed by atoms with van der Waals surface area (Å²) in [5.74, 6) is 1.13. The highest BCUT2D eigenvalue weighted by molar-refractivity contribution is 8.14. The van der Waals surface area contributed by atoms with Gasteiger partial charge in [-0.15, -0.1) is 11.3 Å². The highest BCUT2D eigenvalue weighted by Crippen LogP contribution is 2.23. The van der Waals surface area contributed by atoms with Crippen molar-refractivity contribution < 1.29 is 0 Å². The summed E-state index contributed by atoms with van der Waals surface area (Å²) in [6.45, 7) is 4.38. The van der Waals surface area contributed by atoms with Crippen LogP contribution in [0.3, 0.4) is 0 Å². The number of thiophene rings is 1. The van der Waals surface area contributed by atoms with Gasteiger partial charge < -0.3 is 5.32 Å². The Morgan fingerprint density at radius 1 is 1.67 bits per heavy atom. The Labute approximate surface area is 99.2 Å². The van der Waals surface area contributed by atoms with Gasteiger partial charge in [0.05, 0.1) is 12.1 Å². The van der Waals surface area contributed by atoms with E-state index in [0.717, 1.165) is 17.3 Å². The topological polar surface area (TPSA) is 24.4 Å². The van der Waals surface area contributed by atoms with Crippen molar-refractivity contribution in [2.75, 3.05) is 5.75 Å². The number of thioether (sulfide) groups is 1. The van der Waals surface area contributed by atoms with E-state index < -0.39 is 0 Å². The van der Waals surface area contributed by atoms with Crippen LogP contribution in [0.25, 0.3) is 0 Å². The molecule has 0 fully saturated rings. The average Bonchev–Trinajstić information content (AvgIpc) is 2.87. The molecule has 2 heterocycles. The average molecular weight is 240 g/mol. The molecule has 15 heavy (non-hydrogen) atoms. The molecular formula is C11H16N2S2. The molecule has 1 aromatic heterocycles. The second-order valence-corrected chi connectivity index (χ2v) is 5.68. The lowest BCUT2D eigenvalue weighted by atomic mass is 10.3. The molecule has 2 atom stereocenters. The SMILES string of the molecule is CCC1CSC(NC(C)c2cccs2)=N1. The highest BCUT2D eigenvalue weighted by atomic mass is 32.2. The van der Waals surface area contributed by atoms with E-state index in [9.17, 15) is 0 Å². The molecule has 2 unspecified atom stereocenters. The quantitative estimate of drug-likeness (QED) is 0.877. The molecule has 0 amide bonds. The number of hydrogen-bond donors (Lipinski definition) is 1. The summed E-state index contributed by atoms with van der Waals surface area (Å²) in [4.78, 5) is 6.00. The van der Waals surface area contributed by atoms with Gasteiger partial charge in [-0.05, 0) is 24.8 Å². The van der Waals surface area contributed by atoms with E-state index in [1.54, 1.807) is 11.3 Å². The van der Waals surface area contributed by atoms with Crippen LogP contribution >= 0.6 is 23.1 Å². The van der Waals surface area contributed by atoms with Gasteiger partial charge >= 0.3 is 0 Å². The summed E-state index contributed by atoms with van der Waals surface area (Å²) < 4.78 is 0. The molecule has 0 saturated heterocycles. The lowest BCUT2D eigenvalue weighted by Gasteiger charge is -2.12. The molecule has 0 bridgehead atoms. The molecule has 0 aliphatic carbocycles. The van der Waals surface area contributed by atoms with Crippen molar-refractivity contribution in [2.24, 2.45) is 4.99 Å². The predicted molar refractivity (Wildman–Crippen MR) is 69.8 cm³/mol. The molecule has 0 radical (unpaired) electrons. The maximum absolute atomic E-state index is 4.63. The summed E-state index contributed by atoms with van der Waals surface area (Å²) in [6, 6.07) is 5.16. The van der Waals surface area contributed by atoms with Crippen molar-refractivity contribution >= 4 is 28.3 Å². The molecule has 2 nitrogen and oxygen atoms in total. The largest absolute Gasteiger partial charge is 0.358 e. The van der Waals surface area contributed by atoms with Crippen molar-refractivity contribution in [3.05, 3.63) is 22.4 Å². The molecule has 2 rings (SSSR count). The van der Waals surface area contributed by atoms with Gasteiger partial charge in [0, 0.05) is 10.6 Å². The van der Waals surface area contributed by atoms with Crippen LogP contribution in [-0.2, 0) is 0 Å². The Bertz CT molecular complexity index is 332. The third kappa shape index (κ3) is 2.75. The lowest BCUT2D eigenvalue weighted by molar-refractivity contribution is 0.709. The van der Waals surface area contributed by atoms with Gasteiger partial charge in [-0.3, -0.25) is 4.99 Å². The van der Waals surface area contributed by atoms with Crippen molar-refractivity contribution in [1.29, 1.82) is 0 Å². The van der Waals surface area contributed by atoms with Gasteiger partial charge in [-0.25, -0.2) is 0 Å². The monoisotopic (exact) mass is 240 g/mol. The second kappa shape index (κ2) is 5.03. The van der Waals surface area contributed by atoms with Crippen molar-refractivity contribution in [3.63, 3.8) is 0 Å². The minimum Gasteiger partial charge on any atom is -0.358 e. The maximum atomic E-state index is 4.63. The minimum absolute atomic E-state index is 0.381. The van der Waals surface area contributed by atoms with Crippen molar-refractivity contribution in [1.82, 2.24) is 5.32 Å². The molecule has 0 aromatic carbocycles. The van der Waals surface area contributed by atoms with Gasteiger partial charge in [0.2, 0.25) is 0 Å². The first-order chi connectivity index (χ1) is 7.29. The number of nitrogens with one attached hydrogen (secondary N) is 1. The Morgan fingerprint density at radius 2 is 2.53 bits per heavy atom. The summed E-state index contributed by atoms with van der Waals surface area (Å²) in [6.07, 6.45) is 1.14.